The lowest BCUT2D eigenvalue weighted by Gasteiger charge is -2.01. The van der Waals surface area contributed by atoms with E-state index in [9.17, 15) is 13.2 Å². The van der Waals surface area contributed by atoms with Crippen LogP contribution in [0.25, 0.3) is 5.69 Å². The first-order valence-corrected chi connectivity index (χ1v) is 7.97. The van der Waals surface area contributed by atoms with Crippen molar-refractivity contribution in [2.75, 3.05) is 6.26 Å². The van der Waals surface area contributed by atoms with Crippen molar-refractivity contribution in [2.45, 2.75) is 11.8 Å². The monoisotopic (exact) mass is 358 g/mol. The van der Waals surface area contributed by atoms with Crippen LogP contribution in [0.3, 0.4) is 0 Å². The van der Waals surface area contributed by atoms with E-state index in [1.165, 1.54) is 29.1 Å². The third-order valence-electron chi connectivity index (χ3n) is 2.74. The van der Waals surface area contributed by atoms with Crippen molar-refractivity contribution < 1.29 is 13.2 Å². The number of aryl methyl sites for hydroxylation is 1. The number of rotatable bonds is 3. The first kappa shape index (κ1) is 18.6. The van der Waals surface area contributed by atoms with Crippen LogP contribution in [0.2, 0.25) is 0 Å². The van der Waals surface area contributed by atoms with Gasteiger partial charge in [0.05, 0.1) is 16.3 Å². The van der Waals surface area contributed by atoms with Crippen LogP contribution >= 0.6 is 12.4 Å². The number of carbonyl (C=O) groups is 1. The molecular formula is C12H15ClN6O3S. The molecule has 1 aromatic heterocycles. The van der Waals surface area contributed by atoms with Crippen molar-refractivity contribution in [3.05, 3.63) is 35.7 Å². The van der Waals surface area contributed by atoms with Gasteiger partial charge in [0.2, 0.25) is 0 Å². The zero-order chi connectivity index (χ0) is 16.5. The second kappa shape index (κ2) is 6.75. The number of hydrogen-bond donors (Lipinski definition) is 3. The van der Waals surface area contributed by atoms with Gasteiger partial charge in [-0.1, -0.05) is 0 Å². The normalized spacial score (nSPS) is 10.7. The molecule has 0 saturated heterocycles. The Morgan fingerprint density at radius 3 is 2.30 bits per heavy atom. The number of carbonyl (C=O) groups excluding carboxylic acids is 1. The Balaban J connectivity index is 0.00000264. The van der Waals surface area contributed by atoms with Crippen molar-refractivity contribution in [1.29, 1.82) is 5.41 Å². The lowest BCUT2D eigenvalue weighted by atomic mass is 10.3. The maximum atomic E-state index is 11.8. The average Bonchev–Trinajstić information content (AvgIpc) is 2.79. The van der Waals surface area contributed by atoms with Crippen LogP contribution in [0.4, 0.5) is 0 Å². The molecule has 0 saturated carbocycles. The third-order valence-corrected chi connectivity index (χ3v) is 3.87. The fourth-order valence-corrected chi connectivity index (χ4v) is 2.34. The fraction of sp³-hybridized carbons (Fsp3) is 0.167. The number of amides is 1. The molecule has 4 N–H and O–H groups in total. The van der Waals surface area contributed by atoms with E-state index in [1.54, 1.807) is 6.92 Å². The largest absolute Gasteiger partial charge is 0.370 e. The summed E-state index contributed by atoms with van der Waals surface area (Å²) >= 11 is 0. The van der Waals surface area contributed by atoms with Crippen LogP contribution in [0.5, 0.6) is 0 Å². The molecule has 0 bridgehead atoms. The number of aromatic nitrogens is 3. The van der Waals surface area contributed by atoms with E-state index in [1.807, 2.05) is 0 Å². The maximum absolute atomic E-state index is 11.8. The number of halogens is 1. The first-order valence-electron chi connectivity index (χ1n) is 6.08. The molecular weight excluding hydrogens is 344 g/mol. The van der Waals surface area contributed by atoms with E-state index < -0.39 is 21.7 Å². The molecule has 1 aromatic carbocycles. The molecule has 1 heterocycles. The van der Waals surface area contributed by atoms with Gasteiger partial charge in [-0.2, -0.15) is 9.90 Å². The minimum Gasteiger partial charge on any atom is -0.370 e. The van der Waals surface area contributed by atoms with Crippen molar-refractivity contribution in [2.24, 2.45) is 5.73 Å². The summed E-state index contributed by atoms with van der Waals surface area (Å²) in [6, 6.07) is 5.92. The molecule has 0 aliphatic carbocycles. The number of benzene rings is 1. The van der Waals surface area contributed by atoms with Gasteiger partial charge < -0.3 is 5.73 Å². The summed E-state index contributed by atoms with van der Waals surface area (Å²) in [5.74, 6) is -1.12. The Bertz CT molecular complexity index is 844. The number of hydrogen-bond acceptors (Lipinski definition) is 6. The molecule has 0 radical (unpaired) electrons. The molecule has 0 aliphatic heterocycles. The van der Waals surface area contributed by atoms with Gasteiger partial charge in [0, 0.05) is 6.26 Å². The van der Waals surface area contributed by atoms with Crippen molar-refractivity contribution >= 4 is 34.1 Å². The van der Waals surface area contributed by atoms with Crippen LogP contribution < -0.4 is 11.1 Å². The molecule has 9 nitrogen and oxygen atoms in total. The highest BCUT2D eigenvalue weighted by Crippen LogP contribution is 2.13. The molecule has 0 fully saturated rings. The Morgan fingerprint density at radius 2 is 1.83 bits per heavy atom. The van der Waals surface area contributed by atoms with Crippen LogP contribution in [0, 0.1) is 12.3 Å². The van der Waals surface area contributed by atoms with Gasteiger partial charge in [-0.25, -0.2) is 8.42 Å². The summed E-state index contributed by atoms with van der Waals surface area (Å²) in [6.07, 6.45) is 1.11. The fourth-order valence-electron chi connectivity index (χ4n) is 1.71. The zero-order valence-corrected chi connectivity index (χ0v) is 13.9. The Hall–Kier alpha value is -2.46. The second-order valence-electron chi connectivity index (χ2n) is 4.56. The zero-order valence-electron chi connectivity index (χ0n) is 12.3. The highest BCUT2D eigenvalue weighted by Gasteiger charge is 2.17. The van der Waals surface area contributed by atoms with Gasteiger partial charge in [0.1, 0.15) is 0 Å². The highest BCUT2D eigenvalue weighted by molar-refractivity contribution is 7.90. The van der Waals surface area contributed by atoms with E-state index in [2.05, 4.69) is 15.5 Å². The second-order valence-corrected chi connectivity index (χ2v) is 6.57. The van der Waals surface area contributed by atoms with Crippen LogP contribution in [-0.4, -0.2) is 41.5 Å². The molecule has 11 heteroatoms. The topological polar surface area (TPSA) is 144 Å². The van der Waals surface area contributed by atoms with Gasteiger partial charge in [-0.3, -0.25) is 15.5 Å². The maximum Gasteiger partial charge on any atom is 0.280 e. The molecule has 23 heavy (non-hydrogen) atoms. The summed E-state index contributed by atoms with van der Waals surface area (Å²) in [5.41, 5.74) is 5.98. The quantitative estimate of drug-likeness (QED) is 0.521. The lowest BCUT2D eigenvalue weighted by Crippen LogP contribution is -2.36. The Kier molecular flexibility index (Phi) is 5.46. The van der Waals surface area contributed by atoms with Crippen LogP contribution in [0.15, 0.2) is 29.2 Å². The van der Waals surface area contributed by atoms with Crippen molar-refractivity contribution in [3.8, 4) is 5.69 Å². The number of nitrogens with two attached hydrogens (primary N) is 1. The van der Waals surface area contributed by atoms with Gasteiger partial charge in [-0.05, 0) is 31.2 Å². The van der Waals surface area contributed by atoms with Gasteiger partial charge >= 0.3 is 0 Å². The van der Waals surface area contributed by atoms with Crippen LogP contribution in [0.1, 0.15) is 16.2 Å². The predicted octanol–water partition coefficient (Wildman–Crippen LogP) is 0.0243. The molecule has 124 valence electrons. The molecule has 1 amide bonds. The summed E-state index contributed by atoms with van der Waals surface area (Å²) in [7, 11) is -3.28. The SMILES string of the molecule is Cc1nn(-c2ccc(S(C)(=O)=O)cc2)nc1C(=O)NC(=N)N.Cl. The van der Waals surface area contributed by atoms with Crippen LogP contribution in [-0.2, 0) is 9.84 Å². The highest BCUT2D eigenvalue weighted by atomic mass is 35.5. The molecule has 2 rings (SSSR count). The summed E-state index contributed by atoms with van der Waals surface area (Å²) in [5, 5.41) is 17.3. The summed E-state index contributed by atoms with van der Waals surface area (Å²) < 4.78 is 22.8. The van der Waals surface area contributed by atoms with Crippen molar-refractivity contribution in [3.63, 3.8) is 0 Å². The van der Waals surface area contributed by atoms with E-state index in [0.29, 0.717) is 11.4 Å². The minimum atomic E-state index is -3.28. The third kappa shape index (κ3) is 4.27. The van der Waals surface area contributed by atoms with E-state index >= 15 is 0 Å². The Morgan fingerprint density at radius 1 is 1.26 bits per heavy atom. The van der Waals surface area contributed by atoms with Gasteiger partial charge in [-0.15, -0.1) is 17.5 Å². The minimum absolute atomic E-state index is 0. The first-order chi connectivity index (χ1) is 10.2. The van der Waals surface area contributed by atoms with Gasteiger partial charge in [0.15, 0.2) is 21.5 Å². The number of nitrogens with zero attached hydrogens (tertiary/aromatic N) is 3. The number of sulfone groups is 1. The molecule has 0 unspecified atom stereocenters. The van der Waals surface area contributed by atoms with E-state index in [0.717, 1.165) is 6.26 Å². The van der Waals surface area contributed by atoms with Crippen molar-refractivity contribution in [1.82, 2.24) is 20.3 Å². The average molecular weight is 359 g/mol. The Labute approximate surface area is 138 Å². The van der Waals surface area contributed by atoms with Gasteiger partial charge in [0.25, 0.3) is 5.91 Å². The molecule has 2 aromatic rings. The van der Waals surface area contributed by atoms with E-state index in [4.69, 9.17) is 11.1 Å². The number of guanidine groups is 1. The number of nitrogens with one attached hydrogen (secondary N) is 2. The lowest BCUT2D eigenvalue weighted by molar-refractivity contribution is 0.0970. The molecule has 0 spiro atoms. The smallest absolute Gasteiger partial charge is 0.280 e. The predicted molar refractivity (Wildman–Crippen MR) is 85.8 cm³/mol. The summed E-state index contributed by atoms with van der Waals surface area (Å²) in [6.45, 7) is 1.59. The van der Waals surface area contributed by atoms with E-state index in [-0.39, 0.29) is 23.0 Å². The molecule has 0 atom stereocenters. The molecule has 0 aliphatic rings. The standard InChI is InChI=1S/C12H14N6O3S.ClH/c1-7-10(11(19)15-12(13)14)17-18(16-7)8-3-5-9(6-4-8)22(2,20)21;/h3-6H,1-2H3,(H4,13,14,15,19);1H. The summed E-state index contributed by atoms with van der Waals surface area (Å²) in [4.78, 5) is 13.2.